The first-order valence-corrected chi connectivity index (χ1v) is 14.8. The van der Waals surface area contributed by atoms with Gasteiger partial charge in [-0.05, 0) is 85.2 Å². The summed E-state index contributed by atoms with van der Waals surface area (Å²) < 4.78 is 0. The summed E-state index contributed by atoms with van der Waals surface area (Å²) in [7, 11) is 0. The number of hydrogen-bond acceptors (Lipinski definition) is 3. The van der Waals surface area contributed by atoms with E-state index in [0.29, 0.717) is 11.3 Å². The molecule has 0 radical (unpaired) electrons. The molecule has 3 fully saturated rings. The van der Waals surface area contributed by atoms with Crippen molar-refractivity contribution in [2.24, 2.45) is 29.1 Å². The number of nitriles is 1. The van der Waals surface area contributed by atoms with Crippen LogP contribution < -0.4 is 0 Å². The molecule has 0 unspecified atom stereocenters. The predicted octanol–water partition coefficient (Wildman–Crippen LogP) is 8.34. The Labute approximate surface area is 215 Å². The van der Waals surface area contributed by atoms with Crippen molar-refractivity contribution in [1.29, 1.82) is 5.26 Å². The zero-order chi connectivity index (χ0) is 24.2. The summed E-state index contributed by atoms with van der Waals surface area (Å²) in [4.78, 5) is 5.33. The van der Waals surface area contributed by atoms with E-state index in [1.54, 1.807) is 11.8 Å². The highest BCUT2D eigenvalue weighted by Crippen LogP contribution is 2.66. The van der Waals surface area contributed by atoms with Gasteiger partial charge in [-0.3, -0.25) is 0 Å². The molecule has 2 aromatic rings. The van der Waals surface area contributed by atoms with E-state index in [9.17, 15) is 5.26 Å². The van der Waals surface area contributed by atoms with E-state index in [2.05, 4.69) is 56.8 Å². The van der Waals surface area contributed by atoms with Crippen molar-refractivity contribution >= 4 is 11.8 Å². The largest absolute Gasteiger partial charge is 0.244 e. The van der Waals surface area contributed by atoms with E-state index in [0.717, 1.165) is 46.1 Å². The lowest BCUT2D eigenvalue weighted by Gasteiger charge is -2.59. The van der Waals surface area contributed by atoms with Crippen molar-refractivity contribution in [3.05, 3.63) is 59.8 Å². The Morgan fingerprint density at radius 3 is 2.69 bits per heavy atom. The lowest BCUT2D eigenvalue weighted by molar-refractivity contribution is -0.0908. The van der Waals surface area contributed by atoms with Crippen LogP contribution in [0.3, 0.4) is 0 Å². The molecular formula is C32H38N2S. The molecule has 35 heavy (non-hydrogen) atoms. The van der Waals surface area contributed by atoms with Crippen molar-refractivity contribution in [2.75, 3.05) is 5.75 Å². The number of pyridine rings is 1. The normalized spacial score (nSPS) is 35.2. The minimum Gasteiger partial charge on any atom is -0.244 e. The Morgan fingerprint density at radius 1 is 1.09 bits per heavy atom. The zero-order valence-electron chi connectivity index (χ0n) is 21.4. The number of fused-ring (bicyclic) bond motifs is 7. The molecule has 0 N–H and O–H groups in total. The van der Waals surface area contributed by atoms with Gasteiger partial charge in [-0.25, -0.2) is 4.98 Å². The van der Waals surface area contributed by atoms with E-state index in [1.165, 1.54) is 68.2 Å². The van der Waals surface area contributed by atoms with Crippen molar-refractivity contribution in [2.45, 2.75) is 82.1 Å². The summed E-state index contributed by atoms with van der Waals surface area (Å²) in [6.07, 6.45) is 14.2. The number of aromatic nitrogens is 1. The monoisotopic (exact) mass is 482 g/mol. The fourth-order valence-corrected chi connectivity index (χ4v) is 9.77. The Kier molecular flexibility index (Phi) is 5.88. The lowest BCUT2D eigenvalue weighted by Crippen LogP contribution is -2.53. The second-order valence-corrected chi connectivity index (χ2v) is 13.1. The molecular weight excluding hydrogens is 444 g/mol. The predicted molar refractivity (Wildman–Crippen MR) is 145 cm³/mol. The minimum absolute atomic E-state index is 0.120. The average molecular weight is 483 g/mol. The molecule has 6 atom stereocenters. The van der Waals surface area contributed by atoms with E-state index in [-0.39, 0.29) is 5.41 Å². The molecule has 0 bridgehead atoms. The lowest BCUT2D eigenvalue weighted by atomic mass is 9.45. The maximum Gasteiger partial charge on any atom is 0.115 e. The van der Waals surface area contributed by atoms with Gasteiger partial charge in [-0.15, -0.1) is 18.3 Å². The van der Waals surface area contributed by atoms with Gasteiger partial charge in [0.25, 0.3) is 0 Å². The van der Waals surface area contributed by atoms with Crippen LogP contribution in [0.2, 0.25) is 0 Å². The van der Waals surface area contributed by atoms with Crippen LogP contribution in [0, 0.1) is 40.4 Å². The highest BCUT2D eigenvalue weighted by molar-refractivity contribution is 7.99. The Morgan fingerprint density at radius 2 is 1.91 bits per heavy atom. The molecule has 4 aliphatic carbocycles. The first kappa shape index (κ1) is 23.4. The topological polar surface area (TPSA) is 36.7 Å². The van der Waals surface area contributed by atoms with Crippen molar-refractivity contribution in [3.8, 4) is 17.2 Å². The Bertz CT molecular complexity index is 1180. The first-order chi connectivity index (χ1) is 17.0. The second kappa shape index (κ2) is 8.81. The van der Waals surface area contributed by atoms with Crippen LogP contribution in [0.15, 0.2) is 48.0 Å². The van der Waals surface area contributed by atoms with E-state index >= 15 is 0 Å². The van der Waals surface area contributed by atoms with Gasteiger partial charge in [0.2, 0.25) is 0 Å². The molecule has 6 rings (SSSR count). The van der Waals surface area contributed by atoms with Crippen molar-refractivity contribution < 1.29 is 0 Å². The number of benzene rings is 1. The molecule has 2 nitrogen and oxygen atoms in total. The van der Waals surface area contributed by atoms with Gasteiger partial charge in [0.15, 0.2) is 0 Å². The summed E-state index contributed by atoms with van der Waals surface area (Å²) in [5, 5.41) is 11.2. The van der Waals surface area contributed by atoms with Crippen LogP contribution in [0.1, 0.15) is 82.0 Å². The fraction of sp³-hybridized carbons (Fsp3) is 0.562. The maximum atomic E-state index is 10.3. The molecule has 0 saturated heterocycles. The Balaban J connectivity index is 1.48. The van der Waals surface area contributed by atoms with Gasteiger partial charge < -0.3 is 0 Å². The van der Waals surface area contributed by atoms with E-state index in [4.69, 9.17) is 4.98 Å². The molecule has 4 aliphatic rings. The highest BCUT2D eigenvalue weighted by atomic mass is 32.2. The van der Waals surface area contributed by atoms with Crippen LogP contribution in [0.5, 0.6) is 0 Å². The maximum absolute atomic E-state index is 10.3. The SMILES string of the molecule is C=CCSc1nc2c(c(-c3ccccc3)c1C#N)C[C@H]1[C@H]3CC[C@@H]4CCCC[C@]4(C)[C@H]3CC[C@]21C. The van der Waals surface area contributed by atoms with Gasteiger partial charge in [-0.1, -0.05) is 63.1 Å². The zero-order valence-corrected chi connectivity index (χ0v) is 22.2. The third-order valence-corrected chi connectivity index (χ3v) is 11.7. The molecule has 0 spiro atoms. The smallest absolute Gasteiger partial charge is 0.115 e. The summed E-state index contributed by atoms with van der Waals surface area (Å²) in [6, 6.07) is 13.2. The third-order valence-electron chi connectivity index (χ3n) is 10.7. The van der Waals surface area contributed by atoms with Gasteiger partial charge >= 0.3 is 0 Å². The van der Waals surface area contributed by atoms with E-state index < -0.39 is 0 Å². The fourth-order valence-electron chi connectivity index (χ4n) is 9.05. The van der Waals surface area contributed by atoms with Crippen molar-refractivity contribution in [1.82, 2.24) is 4.98 Å². The highest BCUT2D eigenvalue weighted by Gasteiger charge is 2.59. The molecule has 182 valence electrons. The first-order valence-electron chi connectivity index (χ1n) is 13.8. The van der Waals surface area contributed by atoms with Crippen LogP contribution in [-0.4, -0.2) is 10.7 Å². The number of thioether (sulfide) groups is 1. The van der Waals surface area contributed by atoms with Crippen molar-refractivity contribution in [3.63, 3.8) is 0 Å². The minimum atomic E-state index is 0.120. The number of hydrogen-bond donors (Lipinski definition) is 0. The summed E-state index contributed by atoms with van der Waals surface area (Å²) >= 11 is 1.67. The van der Waals surface area contributed by atoms with Crippen LogP contribution in [-0.2, 0) is 11.8 Å². The quantitative estimate of drug-likeness (QED) is 0.324. The molecule has 1 heterocycles. The summed E-state index contributed by atoms with van der Waals surface area (Å²) in [5.41, 5.74) is 6.44. The van der Waals surface area contributed by atoms with Crippen LogP contribution >= 0.6 is 11.8 Å². The molecule has 0 aliphatic heterocycles. The number of nitrogens with zero attached hydrogens (tertiary/aromatic N) is 2. The molecule has 3 heteroatoms. The molecule has 1 aromatic carbocycles. The summed E-state index contributed by atoms with van der Waals surface area (Å²) in [6.45, 7) is 9.09. The van der Waals surface area contributed by atoms with Gasteiger partial charge in [0, 0.05) is 16.7 Å². The average Bonchev–Trinajstić information content (AvgIpc) is 3.18. The number of rotatable bonds is 4. The molecule has 3 saturated carbocycles. The molecule has 1 aromatic heterocycles. The third kappa shape index (κ3) is 3.46. The van der Waals surface area contributed by atoms with Gasteiger partial charge in [-0.2, -0.15) is 5.26 Å². The second-order valence-electron chi connectivity index (χ2n) is 12.1. The van der Waals surface area contributed by atoms with Gasteiger partial charge in [0.1, 0.15) is 11.1 Å². The van der Waals surface area contributed by atoms with Gasteiger partial charge in [0.05, 0.1) is 11.3 Å². The van der Waals surface area contributed by atoms with E-state index in [1.807, 2.05) is 6.08 Å². The van der Waals surface area contributed by atoms with Crippen LogP contribution in [0.4, 0.5) is 0 Å². The van der Waals surface area contributed by atoms with Crippen LogP contribution in [0.25, 0.3) is 11.1 Å². The molecule has 0 amide bonds. The Hall–Kier alpha value is -2.05. The standard InChI is InChI=1S/C32H38N2S/c1-4-18-35-30-25(20-33)28(21-10-6-5-7-11-21)24-19-27-23-14-13-22-12-8-9-16-31(22,2)26(23)15-17-32(27,3)29(24)34-30/h4-7,10-11,22-23,26-27H,1,8-9,12-19H2,2-3H3/t22-,23-,26-,27-,31-,32-/m0/s1. The summed E-state index contributed by atoms with van der Waals surface area (Å²) in [5.74, 6) is 4.02.